The molecular weight excluding hydrogens is 216 g/mol. The van der Waals surface area contributed by atoms with Crippen LogP contribution in [-0.4, -0.2) is 29.3 Å². The van der Waals surface area contributed by atoms with E-state index in [0.717, 1.165) is 12.8 Å². The summed E-state index contributed by atoms with van der Waals surface area (Å²) in [7, 11) is 0. The molecule has 2 aliphatic rings. The van der Waals surface area contributed by atoms with Crippen molar-refractivity contribution in [2.75, 3.05) is 6.54 Å². The van der Waals surface area contributed by atoms with E-state index in [0.29, 0.717) is 19.0 Å². The Bertz CT molecular complexity index is 296. The van der Waals surface area contributed by atoms with Crippen molar-refractivity contribution < 1.29 is 9.59 Å². The molecule has 1 aliphatic heterocycles. The predicted molar refractivity (Wildman–Crippen MR) is 65.1 cm³/mol. The summed E-state index contributed by atoms with van der Waals surface area (Å²) in [6, 6.07) is 0.354. The van der Waals surface area contributed by atoms with Crippen molar-refractivity contribution in [3.8, 4) is 0 Å². The van der Waals surface area contributed by atoms with Crippen molar-refractivity contribution in [3.05, 3.63) is 0 Å². The summed E-state index contributed by atoms with van der Waals surface area (Å²) in [6.45, 7) is 0.554. The smallest absolute Gasteiger partial charge is 0.223 e. The molecule has 1 saturated heterocycles. The minimum Gasteiger partial charge on any atom is -0.369 e. The highest BCUT2D eigenvalue weighted by Gasteiger charge is 2.36. The van der Waals surface area contributed by atoms with Gasteiger partial charge in [-0.3, -0.25) is 9.59 Å². The molecule has 2 amide bonds. The van der Waals surface area contributed by atoms with Crippen LogP contribution < -0.4 is 5.73 Å². The molecule has 1 saturated carbocycles. The second kappa shape index (κ2) is 5.52. The van der Waals surface area contributed by atoms with Crippen LogP contribution in [0.25, 0.3) is 0 Å². The van der Waals surface area contributed by atoms with Gasteiger partial charge in [0.25, 0.3) is 0 Å². The van der Waals surface area contributed by atoms with Crippen LogP contribution in [0.2, 0.25) is 0 Å². The molecule has 1 aliphatic carbocycles. The molecule has 4 nitrogen and oxygen atoms in total. The first-order valence-corrected chi connectivity index (χ1v) is 6.77. The molecule has 1 heterocycles. The molecule has 0 aromatic rings. The summed E-state index contributed by atoms with van der Waals surface area (Å²) >= 11 is 0. The van der Waals surface area contributed by atoms with Crippen LogP contribution in [-0.2, 0) is 9.59 Å². The lowest BCUT2D eigenvalue weighted by molar-refractivity contribution is -0.130. The first-order valence-electron chi connectivity index (χ1n) is 6.77. The van der Waals surface area contributed by atoms with Gasteiger partial charge in [-0.2, -0.15) is 0 Å². The molecule has 0 spiro atoms. The summed E-state index contributed by atoms with van der Waals surface area (Å²) in [5.74, 6) is -0.459. The monoisotopic (exact) mass is 238 g/mol. The molecule has 2 N–H and O–H groups in total. The molecule has 0 aromatic carbocycles. The van der Waals surface area contributed by atoms with Crippen molar-refractivity contribution in [2.45, 2.75) is 57.4 Å². The van der Waals surface area contributed by atoms with Crippen LogP contribution in [0.1, 0.15) is 51.4 Å². The lowest BCUT2D eigenvalue weighted by Crippen LogP contribution is -2.38. The molecule has 2 fully saturated rings. The van der Waals surface area contributed by atoms with Crippen LogP contribution in [0.4, 0.5) is 0 Å². The molecule has 17 heavy (non-hydrogen) atoms. The maximum Gasteiger partial charge on any atom is 0.223 e. The van der Waals surface area contributed by atoms with Gasteiger partial charge < -0.3 is 10.6 Å². The van der Waals surface area contributed by atoms with Crippen LogP contribution in [0.3, 0.4) is 0 Å². The molecule has 1 atom stereocenters. The van der Waals surface area contributed by atoms with Crippen molar-refractivity contribution in [3.63, 3.8) is 0 Å². The highest BCUT2D eigenvalue weighted by atomic mass is 16.2. The Balaban J connectivity index is 1.95. The second-order valence-electron chi connectivity index (χ2n) is 5.35. The van der Waals surface area contributed by atoms with Gasteiger partial charge in [0.05, 0.1) is 5.92 Å². The van der Waals surface area contributed by atoms with E-state index in [1.165, 1.54) is 32.1 Å². The van der Waals surface area contributed by atoms with E-state index in [4.69, 9.17) is 5.73 Å². The number of hydrogen-bond donors (Lipinski definition) is 1. The van der Waals surface area contributed by atoms with Gasteiger partial charge in [0, 0.05) is 19.0 Å². The van der Waals surface area contributed by atoms with E-state index < -0.39 is 0 Å². The zero-order valence-corrected chi connectivity index (χ0v) is 10.4. The fraction of sp³-hybridized carbons (Fsp3) is 0.846. The lowest BCUT2D eigenvalue weighted by atomic mass is 9.96. The summed E-state index contributed by atoms with van der Waals surface area (Å²) in [5.41, 5.74) is 5.29. The Morgan fingerprint density at radius 2 is 1.71 bits per heavy atom. The molecule has 1 unspecified atom stereocenters. The highest BCUT2D eigenvalue weighted by molar-refractivity contribution is 5.88. The third-order valence-corrected chi connectivity index (χ3v) is 4.08. The standard InChI is InChI=1S/C13H22N2O2/c14-13(17)10-8-12(16)15(9-10)11-6-4-2-1-3-5-7-11/h10-11H,1-9H2,(H2,14,17). The Morgan fingerprint density at radius 1 is 1.12 bits per heavy atom. The molecule has 96 valence electrons. The minimum absolute atomic E-state index is 0.124. The molecular formula is C13H22N2O2. The summed E-state index contributed by atoms with van der Waals surface area (Å²) in [5, 5.41) is 0. The Morgan fingerprint density at radius 3 is 2.24 bits per heavy atom. The fourth-order valence-electron chi connectivity index (χ4n) is 3.02. The van der Waals surface area contributed by atoms with Gasteiger partial charge in [-0.25, -0.2) is 0 Å². The maximum absolute atomic E-state index is 11.9. The Kier molecular flexibility index (Phi) is 4.02. The summed E-state index contributed by atoms with van der Waals surface area (Å²) in [6.07, 6.45) is 8.80. The highest BCUT2D eigenvalue weighted by Crippen LogP contribution is 2.27. The molecule has 4 heteroatoms. The Labute approximate surface area is 103 Å². The number of likely N-dealkylation sites (tertiary alicyclic amines) is 1. The van der Waals surface area contributed by atoms with E-state index >= 15 is 0 Å². The average molecular weight is 238 g/mol. The van der Waals surface area contributed by atoms with Gasteiger partial charge in [-0.15, -0.1) is 0 Å². The minimum atomic E-state index is -0.327. The molecule has 0 aromatic heterocycles. The summed E-state index contributed by atoms with van der Waals surface area (Å²) < 4.78 is 0. The number of carbonyl (C=O) groups is 2. The predicted octanol–water partition coefficient (Wildman–Crippen LogP) is 1.43. The largest absolute Gasteiger partial charge is 0.369 e. The normalized spacial score (nSPS) is 27.9. The van der Waals surface area contributed by atoms with Gasteiger partial charge >= 0.3 is 0 Å². The number of amides is 2. The SMILES string of the molecule is NC(=O)C1CC(=O)N(C2CCCCCCC2)C1. The van der Waals surface area contributed by atoms with Crippen molar-refractivity contribution in [1.82, 2.24) is 4.90 Å². The average Bonchev–Trinajstić information content (AvgIpc) is 2.60. The van der Waals surface area contributed by atoms with E-state index in [2.05, 4.69) is 0 Å². The molecule has 0 radical (unpaired) electrons. The van der Waals surface area contributed by atoms with Crippen molar-refractivity contribution in [2.24, 2.45) is 11.7 Å². The molecule has 0 bridgehead atoms. The van der Waals surface area contributed by atoms with E-state index in [9.17, 15) is 9.59 Å². The fourth-order valence-corrected chi connectivity index (χ4v) is 3.02. The van der Waals surface area contributed by atoms with E-state index in [-0.39, 0.29) is 17.7 Å². The first-order chi connectivity index (χ1) is 8.18. The second-order valence-corrected chi connectivity index (χ2v) is 5.35. The van der Waals surface area contributed by atoms with Gasteiger partial charge in [-0.1, -0.05) is 32.1 Å². The van der Waals surface area contributed by atoms with Crippen LogP contribution >= 0.6 is 0 Å². The maximum atomic E-state index is 11.9. The number of hydrogen-bond acceptors (Lipinski definition) is 2. The van der Waals surface area contributed by atoms with E-state index in [1.807, 2.05) is 4.90 Å². The van der Waals surface area contributed by atoms with Crippen LogP contribution in [0, 0.1) is 5.92 Å². The lowest BCUT2D eigenvalue weighted by Gasteiger charge is -2.29. The van der Waals surface area contributed by atoms with Gasteiger partial charge in [0.1, 0.15) is 0 Å². The molecule has 2 rings (SSSR count). The number of nitrogens with zero attached hydrogens (tertiary/aromatic N) is 1. The van der Waals surface area contributed by atoms with Gasteiger partial charge in [-0.05, 0) is 12.8 Å². The van der Waals surface area contributed by atoms with Crippen LogP contribution in [0.5, 0.6) is 0 Å². The topological polar surface area (TPSA) is 63.4 Å². The first kappa shape index (κ1) is 12.4. The van der Waals surface area contributed by atoms with E-state index in [1.54, 1.807) is 0 Å². The number of carbonyl (C=O) groups excluding carboxylic acids is 2. The quantitative estimate of drug-likeness (QED) is 0.791. The van der Waals surface area contributed by atoms with Crippen molar-refractivity contribution >= 4 is 11.8 Å². The van der Waals surface area contributed by atoms with Crippen molar-refractivity contribution in [1.29, 1.82) is 0 Å². The van der Waals surface area contributed by atoms with Crippen LogP contribution in [0.15, 0.2) is 0 Å². The van der Waals surface area contributed by atoms with Gasteiger partial charge in [0.2, 0.25) is 11.8 Å². The third kappa shape index (κ3) is 2.99. The number of rotatable bonds is 2. The third-order valence-electron chi connectivity index (χ3n) is 4.08. The summed E-state index contributed by atoms with van der Waals surface area (Å²) in [4.78, 5) is 25.0. The van der Waals surface area contributed by atoms with Gasteiger partial charge in [0.15, 0.2) is 0 Å². The number of nitrogens with two attached hydrogens (primary N) is 1. The zero-order valence-electron chi connectivity index (χ0n) is 10.4. The Hall–Kier alpha value is -1.06. The number of primary amides is 1. The zero-order chi connectivity index (χ0) is 12.3.